The third-order valence-corrected chi connectivity index (χ3v) is 7.43. The van der Waals surface area contributed by atoms with Gasteiger partial charge in [-0.1, -0.05) is 12.1 Å². The number of thioether (sulfide) groups is 1. The van der Waals surface area contributed by atoms with Crippen LogP contribution in [0.2, 0.25) is 0 Å². The average Bonchev–Trinajstić information content (AvgIpc) is 3.45. The van der Waals surface area contributed by atoms with E-state index in [1.54, 1.807) is 29.2 Å². The first-order chi connectivity index (χ1) is 18.8. The quantitative estimate of drug-likeness (QED) is 0.346. The van der Waals surface area contributed by atoms with Crippen molar-refractivity contribution in [1.82, 2.24) is 20.0 Å². The van der Waals surface area contributed by atoms with Gasteiger partial charge in [0.2, 0.25) is 0 Å². The summed E-state index contributed by atoms with van der Waals surface area (Å²) in [6.07, 6.45) is -6.95. The van der Waals surface area contributed by atoms with Crippen molar-refractivity contribution >= 4 is 45.8 Å². The molecular weight excluding hydrogens is 564 g/mol. The van der Waals surface area contributed by atoms with Crippen molar-refractivity contribution in [2.24, 2.45) is 4.99 Å². The molecule has 0 saturated carbocycles. The van der Waals surface area contributed by atoms with Crippen LogP contribution >= 0.6 is 11.8 Å². The minimum Gasteiger partial charge on any atom is -0.480 e. The van der Waals surface area contributed by atoms with Gasteiger partial charge in [-0.2, -0.15) is 36.4 Å². The predicted molar refractivity (Wildman–Crippen MR) is 134 cm³/mol. The Morgan fingerprint density at radius 2 is 1.90 bits per heavy atom. The van der Waals surface area contributed by atoms with Gasteiger partial charge >= 0.3 is 18.3 Å². The van der Waals surface area contributed by atoms with Crippen LogP contribution in [0.1, 0.15) is 22.3 Å². The summed E-state index contributed by atoms with van der Waals surface area (Å²) in [4.78, 5) is 30.0. The number of rotatable bonds is 4. The fourth-order valence-electron chi connectivity index (χ4n) is 4.46. The van der Waals surface area contributed by atoms with Crippen molar-refractivity contribution in [3.05, 3.63) is 69.8 Å². The van der Waals surface area contributed by atoms with Crippen molar-refractivity contribution in [1.29, 1.82) is 0 Å². The number of aliphatic carboxylic acids is 1. The molecule has 15 heteroatoms. The van der Waals surface area contributed by atoms with Crippen molar-refractivity contribution in [2.45, 2.75) is 24.9 Å². The molecule has 1 saturated heterocycles. The van der Waals surface area contributed by atoms with Crippen LogP contribution in [0, 0.1) is 0 Å². The second kappa shape index (κ2) is 10.3. The average molecular weight is 584 g/mol. The molecule has 3 heterocycles. The standard InChI is InChI=1S/C25H19F6N5O3S/c26-24(27,28)16-3-2-14(17(9-16)25(29,30)31)12-36-18-4-1-13(7-15(18)10-33-36)8-20-21(37)34-23(40-20)35-6-5-32-11-19(35)22(38)39/h1-4,7-10,19,32H,5-6,11-12H2,(H,38,39)/t19-/m1/s1. The van der Waals surface area contributed by atoms with E-state index in [4.69, 9.17) is 0 Å². The van der Waals surface area contributed by atoms with Crippen molar-refractivity contribution < 1.29 is 41.0 Å². The third-order valence-electron chi connectivity index (χ3n) is 6.41. The van der Waals surface area contributed by atoms with Crippen molar-refractivity contribution in [2.75, 3.05) is 19.6 Å². The number of aromatic nitrogens is 2. The Bertz CT molecular complexity index is 1560. The first kappa shape index (κ1) is 27.7. The Balaban J connectivity index is 1.38. The molecule has 2 aliphatic rings. The van der Waals surface area contributed by atoms with E-state index in [-0.39, 0.29) is 28.2 Å². The summed E-state index contributed by atoms with van der Waals surface area (Å²) in [5, 5.41) is 17.4. The molecule has 2 aliphatic heterocycles. The molecule has 1 aromatic heterocycles. The molecular formula is C25H19F6N5O3S. The Morgan fingerprint density at radius 1 is 1.12 bits per heavy atom. The van der Waals surface area contributed by atoms with Crippen LogP contribution in [0.3, 0.4) is 0 Å². The largest absolute Gasteiger partial charge is 0.480 e. The van der Waals surface area contributed by atoms with Crippen LogP contribution in [0.4, 0.5) is 26.3 Å². The lowest BCUT2D eigenvalue weighted by Crippen LogP contribution is -2.56. The summed E-state index contributed by atoms with van der Waals surface area (Å²) in [5.74, 6) is -1.57. The molecule has 210 valence electrons. The smallest absolute Gasteiger partial charge is 0.416 e. The maximum atomic E-state index is 13.6. The van der Waals surface area contributed by atoms with Gasteiger partial charge in [0.05, 0.1) is 34.3 Å². The van der Waals surface area contributed by atoms with Crippen molar-refractivity contribution in [3.63, 3.8) is 0 Å². The molecule has 0 aliphatic carbocycles. The third kappa shape index (κ3) is 5.56. The second-order valence-corrected chi connectivity index (χ2v) is 10.1. The highest BCUT2D eigenvalue weighted by atomic mass is 32.2. The van der Waals surface area contributed by atoms with Crippen LogP contribution in [0.25, 0.3) is 17.0 Å². The van der Waals surface area contributed by atoms with E-state index in [9.17, 15) is 41.0 Å². The van der Waals surface area contributed by atoms with E-state index in [1.165, 1.54) is 10.9 Å². The minimum absolute atomic E-state index is 0.0942. The van der Waals surface area contributed by atoms with E-state index in [0.717, 1.165) is 17.8 Å². The molecule has 0 radical (unpaired) electrons. The molecule has 2 aromatic carbocycles. The molecule has 5 rings (SSSR count). The fraction of sp³-hybridized carbons (Fsp3) is 0.280. The number of carboxylic acids is 1. The molecule has 40 heavy (non-hydrogen) atoms. The normalized spacial score (nSPS) is 19.5. The summed E-state index contributed by atoms with van der Waals surface area (Å²) in [5.41, 5.74) is -2.16. The summed E-state index contributed by atoms with van der Waals surface area (Å²) in [6.45, 7) is 0.690. The number of fused-ring (bicyclic) bond motifs is 1. The van der Waals surface area contributed by atoms with Crippen molar-refractivity contribution in [3.8, 4) is 0 Å². The summed E-state index contributed by atoms with van der Waals surface area (Å²) < 4.78 is 80.9. The highest BCUT2D eigenvalue weighted by Crippen LogP contribution is 2.38. The number of carbonyl (C=O) groups is 2. The van der Waals surface area contributed by atoms with Crippen LogP contribution in [0.15, 0.2) is 52.5 Å². The lowest BCUT2D eigenvalue weighted by molar-refractivity contribution is -0.144. The molecule has 1 atom stereocenters. The number of hydrogen-bond donors (Lipinski definition) is 2. The van der Waals surface area contributed by atoms with Crippen LogP contribution < -0.4 is 5.32 Å². The number of hydrogen-bond acceptors (Lipinski definition) is 6. The first-order valence-electron chi connectivity index (χ1n) is 11.8. The van der Waals surface area contributed by atoms with Gasteiger partial charge in [-0.05, 0) is 53.2 Å². The van der Waals surface area contributed by atoms with Gasteiger partial charge in [-0.3, -0.25) is 9.48 Å². The Hall–Kier alpha value is -3.85. The van der Waals surface area contributed by atoms with Gasteiger partial charge in [-0.15, -0.1) is 0 Å². The summed E-state index contributed by atoms with van der Waals surface area (Å²) >= 11 is 1.05. The molecule has 3 aromatic rings. The number of benzene rings is 2. The maximum Gasteiger partial charge on any atom is 0.416 e. The zero-order chi connectivity index (χ0) is 28.8. The number of amidine groups is 1. The van der Waals surface area contributed by atoms with Gasteiger partial charge in [0, 0.05) is 25.0 Å². The molecule has 2 N–H and O–H groups in total. The second-order valence-electron chi connectivity index (χ2n) is 9.05. The van der Waals surface area contributed by atoms with E-state index >= 15 is 0 Å². The lowest BCUT2D eigenvalue weighted by Gasteiger charge is -2.34. The van der Waals surface area contributed by atoms with E-state index in [2.05, 4.69) is 15.4 Å². The maximum absolute atomic E-state index is 13.6. The van der Waals surface area contributed by atoms with Crippen LogP contribution in [0.5, 0.6) is 0 Å². The summed E-state index contributed by atoms with van der Waals surface area (Å²) in [6, 6.07) is 5.47. The molecule has 1 fully saturated rings. The van der Waals surface area contributed by atoms with Gasteiger partial charge in [0.15, 0.2) is 5.17 Å². The Labute approximate surface area is 226 Å². The van der Waals surface area contributed by atoms with Gasteiger partial charge in [0.1, 0.15) is 6.04 Å². The van der Waals surface area contributed by atoms with E-state index in [1.807, 2.05) is 0 Å². The number of amides is 1. The number of nitrogens with zero attached hydrogens (tertiary/aromatic N) is 4. The molecule has 0 unspecified atom stereocenters. The number of carbonyl (C=O) groups excluding carboxylic acids is 1. The number of nitrogens with one attached hydrogen (secondary N) is 1. The van der Waals surface area contributed by atoms with Crippen LogP contribution in [-0.2, 0) is 28.5 Å². The highest BCUT2D eigenvalue weighted by molar-refractivity contribution is 8.18. The Morgan fingerprint density at radius 3 is 2.60 bits per heavy atom. The zero-order valence-corrected chi connectivity index (χ0v) is 21.1. The SMILES string of the molecule is O=C1N=C(N2CCNC[C@@H]2C(=O)O)SC1=Cc1ccc2c(cnn2Cc2ccc(C(F)(F)F)cc2C(F)(F)F)c1. The molecule has 0 spiro atoms. The Kier molecular flexibility index (Phi) is 7.12. The van der Waals surface area contributed by atoms with Gasteiger partial charge in [-0.25, -0.2) is 4.79 Å². The fourth-order valence-corrected chi connectivity index (χ4v) is 5.45. The van der Waals surface area contributed by atoms with Gasteiger partial charge < -0.3 is 15.3 Å². The number of carboxylic acid groups (broad SMARTS) is 1. The molecule has 0 bridgehead atoms. The molecule has 8 nitrogen and oxygen atoms in total. The van der Waals surface area contributed by atoms with E-state index in [0.29, 0.717) is 35.6 Å². The number of alkyl halides is 6. The van der Waals surface area contributed by atoms with Gasteiger partial charge in [0.25, 0.3) is 5.91 Å². The lowest BCUT2D eigenvalue weighted by atomic mass is 10.0. The topological polar surface area (TPSA) is 99.8 Å². The monoisotopic (exact) mass is 583 g/mol. The number of piperazine rings is 1. The number of aliphatic imine (C=N–C) groups is 1. The summed E-state index contributed by atoms with van der Waals surface area (Å²) in [7, 11) is 0. The predicted octanol–water partition coefficient (Wildman–Crippen LogP) is 4.45. The highest BCUT2D eigenvalue weighted by Gasteiger charge is 2.38. The first-order valence-corrected chi connectivity index (χ1v) is 12.6. The van der Waals surface area contributed by atoms with E-state index < -0.39 is 47.9 Å². The molecule has 1 amide bonds. The zero-order valence-electron chi connectivity index (χ0n) is 20.3. The number of halogens is 6. The minimum atomic E-state index is -5.00. The van der Waals surface area contributed by atoms with Crippen LogP contribution in [-0.4, -0.2) is 62.5 Å².